The first-order valence-corrected chi connectivity index (χ1v) is 8.52. The van der Waals surface area contributed by atoms with Crippen molar-refractivity contribution in [3.8, 4) is 11.5 Å². The van der Waals surface area contributed by atoms with Crippen molar-refractivity contribution in [1.29, 1.82) is 0 Å². The van der Waals surface area contributed by atoms with Crippen molar-refractivity contribution in [3.05, 3.63) is 41.7 Å². The van der Waals surface area contributed by atoms with Crippen molar-refractivity contribution in [2.45, 2.75) is 33.0 Å². The van der Waals surface area contributed by atoms with E-state index in [9.17, 15) is 13.2 Å². The van der Waals surface area contributed by atoms with E-state index in [-0.39, 0.29) is 35.3 Å². The molecule has 8 nitrogen and oxygen atoms in total. The molecule has 0 bridgehead atoms. The fourth-order valence-corrected chi connectivity index (χ4v) is 2.18. The van der Waals surface area contributed by atoms with E-state index in [4.69, 9.17) is 5.73 Å². The van der Waals surface area contributed by atoms with E-state index in [0.717, 1.165) is 6.08 Å². The zero-order chi connectivity index (χ0) is 21.6. The van der Waals surface area contributed by atoms with Gasteiger partial charge < -0.3 is 16.4 Å². The predicted octanol–water partition coefficient (Wildman–Crippen LogP) is 3.80. The maximum Gasteiger partial charge on any atom is 0.417 e. The van der Waals surface area contributed by atoms with Crippen LogP contribution >= 0.6 is 0 Å². The van der Waals surface area contributed by atoms with E-state index in [0.29, 0.717) is 11.9 Å². The number of hydrogen-bond donors (Lipinski definition) is 3. The van der Waals surface area contributed by atoms with Crippen LogP contribution in [0.3, 0.4) is 0 Å². The highest BCUT2D eigenvalue weighted by atomic mass is 19.4. The van der Waals surface area contributed by atoms with E-state index in [1.165, 1.54) is 6.92 Å². The highest BCUT2D eigenvalue weighted by Gasteiger charge is 2.32. The van der Waals surface area contributed by atoms with Crippen LogP contribution in [0.2, 0.25) is 0 Å². The van der Waals surface area contributed by atoms with Crippen molar-refractivity contribution in [1.82, 2.24) is 19.9 Å². The fraction of sp³-hybridized carbons (Fsp3) is 0.278. The zero-order valence-electron chi connectivity index (χ0n) is 16.1. The fourth-order valence-electron chi connectivity index (χ4n) is 2.18. The van der Waals surface area contributed by atoms with Gasteiger partial charge in [0.15, 0.2) is 5.82 Å². The van der Waals surface area contributed by atoms with Gasteiger partial charge in [-0.25, -0.2) is 4.98 Å². The number of aromatic nitrogens is 4. The Morgan fingerprint density at radius 2 is 1.86 bits per heavy atom. The van der Waals surface area contributed by atoms with Crippen LogP contribution in [0.4, 0.5) is 30.9 Å². The lowest BCUT2D eigenvalue weighted by molar-refractivity contribution is -0.0884. The monoisotopic (exact) mass is 406 g/mol. The summed E-state index contributed by atoms with van der Waals surface area (Å²) in [5.74, 6) is 0.780. The second kappa shape index (κ2) is 9.13. The molecule has 11 heteroatoms. The Labute approximate surface area is 165 Å². The molecule has 0 aliphatic heterocycles. The number of nitrogen functional groups attached to an aromatic ring is 1. The van der Waals surface area contributed by atoms with E-state index in [1.807, 2.05) is 13.8 Å². The molecule has 0 aliphatic rings. The summed E-state index contributed by atoms with van der Waals surface area (Å²) in [6.07, 6.45) is -3.07. The number of alkyl halides is 3. The number of aliphatic imine (C=N–C) groups is 1. The molecule has 0 fully saturated rings. The van der Waals surface area contributed by atoms with Crippen LogP contribution in [0, 0.1) is 0 Å². The van der Waals surface area contributed by atoms with E-state index in [1.54, 1.807) is 18.2 Å². The summed E-state index contributed by atoms with van der Waals surface area (Å²) in [7, 11) is 0. The first kappa shape index (κ1) is 21.8. The third kappa shape index (κ3) is 6.55. The van der Waals surface area contributed by atoms with Crippen LogP contribution in [-0.4, -0.2) is 38.9 Å². The van der Waals surface area contributed by atoms with E-state index >= 15 is 0 Å². The topological polar surface area (TPSA) is 114 Å². The number of nitrogens with two attached hydrogens (primary N) is 1. The Bertz CT molecular complexity index is 935. The normalized spacial score (nSPS) is 12.8. The molecule has 0 atom stereocenters. The number of allylic oxidation sites excluding steroid dienone is 3. The largest absolute Gasteiger partial charge is 0.417 e. The third-order valence-corrected chi connectivity index (χ3v) is 3.29. The summed E-state index contributed by atoms with van der Waals surface area (Å²) in [5.41, 5.74) is 5.28. The molecule has 2 aromatic heterocycles. The number of rotatable bonds is 7. The number of hydrogen-bond acceptors (Lipinski definition) is 8. The Hall–Kier alpha value is -3.50. The first-order valence-electron chi connectivity index (χ1n) is 8.52. The van der Waals surface area contributed by atoms with Crippen molar-refractivity contribution in [3.63, 3.8) is 0 Å². The van der Waals surface area contributed by atoms with Gasteiger partial charge in [-0.05, 0) is 45.7 Å². The molecule has 2 aromatic rings. The van der Waals surface area contributed by atoms with Gasteiger partial charge in [-0.1, -0.05) is 6.07 Å². The molecule has 4 N–H and O–H groups in total. The number of halogens is 3. The third-order valence-electron chi connectivity index (χ3n) is 3.29. The summed E-state index contributed by atoms with van der Waals surface area (Å²) >= 11 is 0. The molecular formula is C18H21F3N8. The van der Waals surface area contributed by atoms with Gasteiger partial charge in [0.1, 0.15) is 11.5 Å². The van der Waals surface area contributed by atoms with Crippen molar-refractivity contribution < 1.29 is 13.2 Å². The minimum Gasteiger partial charge on any atom is -0.384 e. The predicted molar refractivity (Wildman–Crippen MR) is 107 cm³/mol. The molecular weight excluding hydrogens is 385 g/mol. The molecule has 0 saturated carbocycles. The maximum atomic E-state index is 13.0. The maximum absolute atomic E-state index is 13.0. The number of anilines is 3. The molecule has 0 spiro atoms. The SMILES string of the molecule is C=N/C=C(\C=C(/C)Nc1nc(NC(C)C)nc(-c2cccc(N)n2)n1)C(F)(F)F. The molecule has 154 valence electrons. The molecule has 0 aromatic carbocycles. The molecule has 0 saturated heterocycles. The summed E-state index contributed by atoms with van der Waals surface area (Å²) in [5, 5.41) is 5.77. The lowest BCUT2D eigenvalue weighted by Gasteiger charge is -2.13. The van der Waals surface area contributed by atoms with Crippen LogP contribution in [0.5, 0.6) is 0 Å². The van der Waals surface area contributed by atoms with Gasteiger partial charge in [-0.2, -0.15) is 28.1 Å². The quantitative estimate of drug-likeness (QED) is 0.473. The van der Waals surface area contributed by atoms with Gasteiger partial charge in [-0.3, -0.25) is 4.99 Å². The Morgan fingerprint density at radius 3 is 2.45 bits per heavy atom. The van der Waals surface area contributed by atoms with Crippen molar-refractivity contribution >= 4 is 24.4 Å². The Morgan fingerprint density at radius 1 is 1.17 bits per heavy atom. The average molecular weight is 406 g/mol. The smallest absolute Gasteiger partial charge is 0.384 e. The molecule has 0 unspecified atom stereocenters. The van der Waals surface area contributed by atoms with Crippen LogP contribution in [0.15, 0.2) is 46.7 Å². The van der Waals surface area contributed by atoms with Crippen molar-refractivity contribution in [2.24, 2.45) is 4.99 Å². The van der Waals surface area contributed by atoms with Crippen LogP contribution in [0.25, 0.3) is 11.5 Å². The average Bonchev–Trinajstić information content (AvgIpc) is 2.59. The minimum atomic E-state index is -4.58. The molecule has 0 aliphatic carbocycles. The summed E-state index contributed by atoms with van der Waals surface area (Å²) in [6.45, 7) is 8.29. The second-order valence-corrected chi connectivity index (χ2v) is 6.27. The lowest BCUT2D eigenvalue weighted by Crippen LogP contribution is -2.15. The van der Waals surface area contributed by atoms with Crippen LogP contribution in [0.1, 0.15) is 20.8 Å². The number of nitrogens with one attached hydrogen (secondary N) is 2. The molecule has 2 rings (SSSR count). The van der Waals surface area contributed by atoms with Gasteiger partial charge in [-0.15, -0.1) is 0 Å². The summed E-state index contributed by atoms with van der Waals surface area (Å²) in [4.78, 5) is 20.1. The minimum absolute atomic E-state index is 0.0157. The number of pyridine rings is 1. The van der Waals surface area contributed by atoms with Crippen molar-refractivity contribution in [2.75, 3.05) is 16.4 Å². The zero-order valence-corrected chi connectivity index (χ0v) is 16.1. The highest BCUT2D eigenvalue weighted by molar-refractivity contribution is 5.56. The molecule has 0 radical (unpaired) electrons. The highest BCUT2D eigenvalue weighted by Crippen LogP contribution is 2.27. The van der Waals surface area contributed by atoms with Gasteiger partial charge in [0.25, 0.3) is 0 Å². The molecule has 29 heavy (non-hydrogen) atoms. The van der Waals surface area contributed by atoms with Crippen LogP contribution < -0.4 is 16.4 Å². The first-order chi connectivity index (χ1) is 13.6. The van der Waals surface area contributed by atoms with Crippen LogP contribution in [-0.2, 0) is 0 Å². The second-order valence-electron chi connectivity index (χ2n) is 6.27. The van der Waals surface area contributed by atoms with E-state index < -0.39 is 11.7 Å². The van der Waals surface area contributed by atoms with Gasteiger partial charge >= 0.3 is 6.18 Å². The lowest BCUT2D eigenvalue weighted by atomic mass is 10.2. The number of nitrogens with zero attached hydrogens (tertiary/aromatic N) is 5. The van der Waals surface area contributed by atoms with Gasteiger partial charge in [0, 0.05) is 17.9 Å². The molecule has 0 amide bonds. The summed E-state index contributed by atoms with van der Waals surface area (Å²) < 4.78 is 39.1. The Kier molecular flexibility index (Phi) is 6.86. The van der Waals surface area contributed by atoms with Gasteiger partial charge in [0.05, 0.1) is 5.57 Å². The molecule has 2 heterocycles. The summed E-state index contributed by atoms with van der Waals surface area (Å²) in [6, 6.07) is 4.99. The Balaban J connectivity index is 2.43. The standard InChI is InChI=1S/C18H21F3N8/c1-10(2)24-16-27-15(13-6-5-7-14(22)26-13)28-17(29-16)25-11(3)8-12(9-23-4)18(19,20)21/h5-10H,4H2,1-3H3,(H2,22,26)(H2,24,25,27,28,29)/b11-8+,12-9+. The van der Waals surface area contributed by atoms with E-state index in [2.05, 4.69) is 42.3 Å². The van der Waals surface area contributed by atoms with Gasteiger partial charge in [0.2, 0.25) is 11.9 Å².